The van der Waals surface area contributed by atoms with Gasteiger partial charge in [-0.1, -0.05) is 0 Å². The molecule has 2 rings (SSSR count). The zero-order chi connectivity index (χ0) is 13.5. The summed E-state index contributed by atoms with van der Waals surface area (Å²) in [5, 5.41) is 3.26. The highest BCUT2D eigenvalue weighted by atomic mass is 16.5. The molecule has 2 aromatic heterocycles. The van der Waals surface area contributed by atoms with Crippen LogP contribution in [0.5, 0.6) is 11.5 Å². The van der Waals surface area contributed by atoms with Gasteiger partial charge in [0.05, 0.1) is 25.6 Å². The third-order valence-electron chi connectivity index (χ3n) is 2.61. The number of aromatic nitrogens is 3. The number of hydrogen-bond donors (Lipinski definition) is 1. The normalized spacial score (nSPS) is 10.2. The Kier molecular flexibility index (Phi) is 4.63. The largest absolute Gasteiger partial charge is 0.493 e. The van der Waals surface area contributed by atoms with Crippen molar-refractivity contribution in [2.75, 3.05) is 14.2 Å². The maximum absolute atomic E-state index is 5.32. The Balaban J connectivity index is 2.00. The highest BCUT2D eigenvalue weighted by Crippen LogP contribution is 2.28. The van der Waals surface area contributed by atoms with E-state index in [0.717, 1.165) is 11.4 Å². The second kappa shape index (κ2) is 6.65. The molecule has 0 aromatic carbocycles. The second-order valence-corrected chi connectivity index (χ2v) is 3.80. The fourth-order valence-corrected chi connectivity index (χ4v) is 1.71. The third-order valence-corrected chi connectivity index (χ3v) is 2.61. The number of ether oxygens (including phenoxy) is 2. The lowest BCUT2D eigenvalue weighted by Gasteiger charge is -2.11. The minimum Gasteiger partial charge on any atom is -0.493 e. The summed E-state index contributed by atoms with van der Waals surface area (Å²) in [6, 6.07) is 3.63. The quantitative estimate of drug-likeness (QED) is 0.841. The predicted octanol–water partition coefficient (Wildman–Crippen LogP) is 1.18. The summed E-state index contributed by atoms with van der Waals surface area (Å²) in [4.78, 5) is 12.3. The standard InChI is InChI=1S/C13H16N4O2/c1-18-12-4-6-16-11(13(12)19-2)8-15-7-10-3-5-14-9-17-10/h3-6,9,15H,7-8H2,1-2H3. The van der Waals surface area contributed by atoms with Crippen LogP contribution in [0.4, 0.5) is 0 Å². The van der Waals surface area contributed by atoms with Gasteiger partial charge in [0.2, 0.25) is 0 Å². The zero-order valence-corrected chi connectivity index (χ0v) is 11.0. The van der Waals surface area contributed by atoms with E-state index < -0.39 is 0 Å². The van der Waals surface area contributed by atoms with Gasteiger partial charge >= 0.3 is 0 Å². The van der Waals surface area contributed by atoms with E-state index in [4.69, 9.17) is 9.47 Å². The molecule has 6 nitrogen and oxygen atoms in total. The van der Waals surface area contributed by atoms with E-state index in [9.17, 15) is 0 Å². The molecular weight excluding hydrogens is 244 g/mol. The molecule has 0 amide bonds. The summed E-state index contributed by atoms with van der Waals surface area (Å²) >= 11 is 0. The monoisotopic (exact) mass is 260 g/mol. The van der Waals surface area contributed by atoms with Gasteiger partial charge in [-0.05, 0) is 6.07 Å². The molecule has 0 fully saturated rings. The van der Waals surface area contributed by atoms with E-state index in [1.54, 1.807) is 32.7 Å². The molecule has 19 heavy (non-hydrogen) atoms. The van der Waals surface area contributed by atoms with Crippen LogP contribution in [-0.4, -0.2) is 29.2 Å². The minimum absolute atomic E-state index is 0.574. The van der Waals surface area contributed by atoms with Gasteiger partial charge in [-0.3, -0.25) is 4.98 Å². The number of nitrogens with zero attached hydrogens (tertiary/aromatic N) is 3. The van der Waals surface area contributed by atoms with Crippen molar-refractivity contribution in [1.29, 1.82) is 0 Å². The lowest BCUT2D eigenvalue weighted by atomic mass is 10.3. The Morgan fingerprint density at radius 3 is 2.63 bits per heavy atom. The first-order valence-electron chi connectivity index (χ1n) is 5.86. The molecule has 0 aliphatic heterocycles. The van der Waals surface area contributed by atoms with Crippen LogP contribution in [0.2, 0.25) is 0 Å². The van der Waals surface area contributed by atoms with Crippen molar-refractivity contribution in [3.63, 3.8) is 0 Å². The average molecular weight is 260 g/mol. The molecule has 2 aromatic rings. The molecule has 0 bridgehead atoms. The van der Waals surface area contributed by atoms with Crippen LogP contribution < -0.4 is 14.8 Å². The van der Waals surface area contributed by atoms with Crippen LogP contribution >= 0.6 is 0 Å². The molecule has 0 saturated heterocycles. The molecular formula is C13H16N4O2. The maximum atomic E-state index is 5.32. The van der Waals surface area contributed by atoms with Gasteiger partial charge < -0.3 is 14.8 Å². The van der Waals surface area contributed by atoms with E-state index in [0.29, 0.717) is 24.6 Å². The molecule has 0 unspecified atom stereocenters. The minimum atomic E-state index is 0.574. The maximum Gasteiger partial charge on any atom is 0.183 e. The van der Waals surface area contributed by atoms with Gasteiger partial charge in [-0.15, -0.1) is 0 Å². The molecule has 0 radical (unpaired) electrons. The van der Waals surface area contributed by atoms with Crippen molar-refractivity contribution in [2.24, 2.45) is 0 Å². The molecule has 2 heterocycles. The Morgan fingerprint density at radius 2 is 1.95 bits per heavy atom. The molecule has 0 saturated carbocycles. The van der Waals surface area contributed by atoms with Crippen LogP contribution in [0, 0.1) is 0 Å². The summed E-state index contributed by atoms with van der Waals surface area (Å²) in [5.41, 5.74) is 1.73. The molecule has 0 aliphatic rings. The lowest BCUT2D eigenvalue weighted by molar-refractivity contribution is 0.348. The first-order chi connectivity index (χ1) is 9.35. The van der Waals surface area contributed by atoms with E-state index in [1.165, 1.54) is 6.33 Å². The first-order valence-corrected chi connectivity index (χ1v) is 5.86. The number of nitrogens with one attached hydrogen (secondary N) is 1. The van der Waals surface area contributed by atoms with Crippen molar-refractivity contribution in [1.82, 2.24) is 20.3 Å². The van der Waals surface area contributed by atoms with Gasteiger partial charge in [0, 0.05) is 31.5 Å². The molecule has 0 atom stereocenters. The summed E-state index contributed by atoms with van der Waals surface area (Å²) < 4.78 is 10.5. The topological polar surface area (TPSA) is 69.2 Å². The van der Waals surface area contributed by atoms with Gasteiger partial charge in [-0.25, -0.2) is 9.97 Å². The van der Waals surface area contributed by atoms with Gasteiger partial charge in [0.25, 0.3) is 0 Å². The number of methoxy groups -OCH3 is 2. The van der Waals surface area contributed by atoms with E-state index in [2.05, 4.69) is 20.3 Å². The molecule has 1 N–H and O–H groups in total. The summed E-state index contributed by atoms with van der Waals surface area (Å²) in [6.45, 7) is 1.22. The fraction of sp³-hybridized carbons (Fsp3) is 0.308. The number of hydrogen-bond acceptors (Lipinski definition) is 6. The van der Waals surface area contributed by atoms with Crippen molar-refractivity contribution < 1.29 is 9.47 Å². The van der Waals surface area contributed by atoms with Crippen LogP contribution in [0.25, 0.3) is 0 Å². The van der Waals surface area contributed by atoms with E-state index >= 15 is 0 Å². The van der Waals surface area contributed by atoms with Gasteiger partial charge in [-0.2, -0.15) is 0 Å². The Bertz CT molecular complexity index is 519. The van der Waals surface area contributed by atoms with E-state index in [-0.39, 0.29) is 0 Å². The predicted molar refractivity (Wildman–Crippen MR) is 69.9 cm³/mol. The second-order valence-electron chi connectivity index (χ2n) is 3.80. The highest BCUT2D eigenvalue weighted by Gasteiger charge is 2.10. The SMILES string of the molecule is COc1ccnc(CNCc2ccncn2)c1OC. The lowest BCUT2D eigenvalue weighted by Crippen LogP contribution is -2.15. The smallest absolute Gasteiger partial charge is 0.183 e. The summed E-state index contributed by atoms with van der Waals surface area (Å²) in [7, 11) is 3.21. The number of pyridine rings is 1. The Morgan fingerprint density at radius 1 is 1.05 bits per heavy atom. The Labute approximate surface area is 111 Å². The molecule has 0 aliphatic carbocycles. The van der Waals surface area contributed by atoms with Crippen molar-refractivity contribution >= 4 is 0 Å². The third kappa shape index (κ3) is 3.38. The zero-order valence-electron chi connectivity index (χ0n) is 11.0. The summed E-state index contributed by atoms with van der Waals surface area (Å²) in [5.74, 6) is 1.33. The van der Waals surface area contributed by atoms with Crippen LogP contribution in [0.1, 0.15) is 11.4 Å². The summed E-state index contributed by atoms with van der Waals surface area (Å²) in [6.07, 6.45) is 4.94. The highest BCUT2D eigenvalue weighted by molar-refractivity contribution is 5.42. The van der Waals surface area contributed by atoms with Crippen LogP contribution in [-0.2, 0) is 13.1 Å². The molecule has 6 heteroatoms. The molecule has 0 spiro atoms. The van der Waals surface area contributed by atoms with E-state index in [1.807, 2.05) is 6.07 Å². The van der Waals surface area contributed by atoms with Crippen LogP contribution in [0.3, 0.4) is 0 Å². The van der Waals surface area contributed by atoms with Gasteiger partial charge in [0.15, 0.2) is 11.5 Å². The Hall–Kier alpha value is -2.21. The fourth-order valence-electron chi connectivity index (χ4n) is 1.71. The number of rotatable bonds is 6. The van der Waals surface area contributed by atoms with Gasteiger partial charge in [0.1, 0.15) is 6.33 Å². The van der Waals surface area contributed by atoms with Crippen molar-refractivity contribution in [3.05, 3.63) is 42.2 Å². The average Bonchev–Trinajstić information content (AvgIpc) is 2.48. The first kappa shape index (κ1) is 13.2. The van der Waals surface area contributed by atoms with Crippen molar-refractivity contribution in [2.45, 2.75) is 13.1 Å². The van der Waals surface area contributed by atoms with Crippen LogP contribution in [0.15, 0.2) is 30.9 Å². The van der Waals surface area contributed by atoms with Crippen molar-refractivity contribution in [3.8, 4) is 11.5 Å². The molecule has 100 valence electrons.